The molecule has 138 valence electrons. The molecule has 0 bridgehead atoms. The fourth-order valence-corrected chi connectivity index (χ4v) is 3.46. The quantitative estimate of drug-likeness (QED) is 0.380. The van der Waals surface area contributed by atoms with Gasteiger partial charge in [-0.15, -0.1) is 11.3 Å². The summed E-state index contributed by atoms with van der Waals surface area (Å²) in [5.41, 5.74) is 0.889. The Balaban J connectivity index is 1.81. The van der Waals surface area contributed by atoms with Crippen LogP contribution in [0.15, 0.2) is 50.4 Å². The van der Waals surface area contributed by atoms with Crippen molar-refractivity contribution in [3.63, 3.8) is 0 Å². The van der Waals surface area contributed by atoms with Gasteiger partial charge in [0.25, 0.3) is 5.69 Å². The molecule has 27 heavy (non-hydrogen) atoms. The molecular formula is C17H14N4O5S. The van der Waals surface area contributed by atoms with E-state index < -0.39 is 4.92 Å². The SMILES string of the molecule is CCN=c1scc(-c2ccco2)n1N=Cc1cc2c(cc1[N+](=O)[O-])OCO2. The van der Waals surface area contributed by atoms with Crippen LogP contribution in [0.3, 0.4) is 0 Å². The van der Waals surface area contributed by atoms with Crippen LogP contribution in [0.1, 0.15) is 12.5 Å². The Hall–Kier alpha value is -3.40. The van der Waals surface area contributed by atoms with Gasteiger partial charge in [0.05, 0.1) is 29.0 Å². The molecule has 0 fully saturated rings. The van der Waals surface area contributed by atoms with Gasteiger partial charge in [0.2, 0.25) is 11.6 Å². The summed E-state index contributed by atoms with van der Waals surface area (Å²) in [5.74, 6) is 1.42. The Kier molecular flexibility index (Phi) is 4.47. The van der Waals surface area contributed by atoms with E-state index in [4.69, 9.17) is 13.9 Å². The number of aromatic nitrogens is 1. The fourth-order valence-electron chi connectivity index (χ4n) is 2.58. The highest BCUT2D eigenvalue weighted by molar-refractivity contribution is 7.07. The zero-order chi connectivity index (χ0) is 18.8. The molecule has 0 saturated heterocycles. The normalized spacial score (nSPS) is 13.6. The van der Waals surface area contributed by atoms with Gasteiger partial charge < -0.3 is 13.9 Å². The molecule has 4 rings (SSSR count). The summed E-state index contributed by atoms with van der Waals surface area (Å²) in [6.07, 6.45) is 2.98. The van der Waals surface area contributed by atoms with E-state index in [-0.39, 0.29) is 12.5 Å². The van der Waals surface area contributed by atoms with Crippen LogP contribution in [-0.2, 0) is 0 Å². The van der Waals surface area contributed by atoms with Crippen molar-refractivity contribution >= 4 is 23.2 Å². The van der Waals surface area contributed by atoms with E-state index in [1.807, 2.05) is 18.4 Å². The Morgan fingerprint density at radius 3 is 2.89 bits per heavy atom. The summed E-state index contributed by atoms with van der Waals surface area (Å²) < 4.78 is 17.6. The maximum absolute atomic E-state index is 11.4. The van der Waals surface area contributed by atoms with Crippen LogP contribution in [0.2, 0.25) is 0 Å². The first kappa shape index (κ1) is 17.0. The number of nitrogens with zero attached hydrogens (tertiary/aromatic N) is 4. The average Bonchev–Trinajstić information content (AvgIpc) is 3.39. The highest BCUT2D eigenvalue weighted by Crippen LogP contribution is 2.37. The van der Waals surface area contributed by atoms with Crippen LogP contribution < -0.4 is 14.3 Å². The molecule has 0 saturated carbocycles. The molecule has 3 aromatic rings. The van der Waals surface area contributed by atoms with Gasteiger partial charge in [-0.05, 0) is 25.1 Å². The van der Waals surface area contributed by atoms with Gasteiger partial charge in [-0.1, -0.05) is 0 Å². The lowest BCUT2D eigenvalue weighted by molar-refractivity contribution is -0.385. The number of nitro benzene ring substituents is 1. The Morgan fingerprint density at radius 1 is 1.37 bits per heavy atom. The van der Waals surface area contributed by atoms with Crippen molar-refractivity contribution in [1.82, 2.24) is 4.68 Å². The maximum Gasteiger partial charge on any atom is 0.282 e. The molecule has 0 aliphatic carbocycles. The van der Waals surface area contributed by atoms with Gasteiger partial charge in [-0.2, -0.15) is 5.10 Å². The second-order valence-corrected chi connectivity index (χ2v) is 6.27. The molecule has 2 aromatic heterocycles. The molecule has 1 aliphatic rings. The highest BCUT2D eigenvalue weighted by Gasteiger charge is 2.22. The summed E-state index contributed by atoms with van der Waals surface area (Å²) in [6, 6.07) is 6.47. The van der Waals surface area contributed by atoms with Gasteiger partial charge in [0.1, 0.15) is 5.69 Å². The van der Waals surface area contributed by atoms with Crippen LogP contribution in [-0.4, -0.2) is 29.2 Å². The van der Waals surface area contributed by atoms with Crippen molar-refractivity contribution in [3.8, 4) is 23.0 Å². The van der Waals surface area contributed by atoms with E-state index in [9.17, 15) is 10.1 Å². The third kappa shape index (κ3) is 3.22. The van der Waals surface area contributed by atoms with E-state index in [1.54, 1.807) is 23.1 Å². The number of benzene rings is 1. The van der Waals surface area contributed by atoms with E-state index >= 15 is 0 Å². The van der Waals surface area contributed by atoms with Crippen LogP contribution >= 0.6 is 11.3 Å². The molecule has 0 N–H and O–H groups in total. The van der Waals surface area contributed by atoms with Gasteiger partial charge >= 0.3 is 0 Å². The fraction of sp³-hybridized carbons (Fsp3) is 0.176. The highest BCUT2D eigenvalue weighted by atomic mass is 32.1. The zero-order valence-corrected chi connectivity index (χ0v) is 15.0. The van der Waals surface area contributed by atoms with Crippen LogP contribution in [0.4, 0.5) is 5.69 Å². The molecule has 9 nitrogen and oxygen atoms in total. The van der Waals surface area contributed by atoms with Crippen molar-refractivity contribution in [1.29, 1.82) is 0 Å². The largest absolute Gasteiger partial charge is 0.463 e. The first-order valence-electron chi connectivity index (χ1n) is 8.04. The van der Waals surface area contributed by atoms with E-state index in [0.717, 1.165) is 0 Å². The number of thiazole rings is 1. The molecule has 0 atom stereocenters. The van der Waals surface area contributed by atoms with Gasteiger partial charge in [0, 0.05) is 11.9 Å². The van der Waals surface area contributed by atoms with Crippen LogP contribution in [0, 0.1) is 10.1 Å². The third-order valence-corrected chi connectivity index (χ3v) is 4.64. The zero-order valence-electron chi connectivity index (χ0n) is 14.2. The predicted molar refractivity (Wildman–Crippen MR) is 98.3 cm³/mol. The standard InChI is InChI=1S/C17H14N4O5S/c1-2-18-17-20(13(9-27-17)14-4-3-5-24-14)19-8-11-6-15-16(26-10-25-15)7-12(11)21(22)23/h3-9H,2,10H2,1H3. The van der Waals surface area contributed by atoms with Gasteiger partial charge in [0.15, 0.2) is 17.3 Å². The number of hydrogen-bond acceptors (Lipinski definition) is 8. The molecule has 0 unspecified atom stereocenters. The number of fused-ring (bicyclic) bond motifs is 1. The van der Waals surface area contributed by atoms with E-state index in [0.29, 0.717) is 39.9 Å². The first-order valence-corrected chi connectivity index (χ1v) is 8.92. The summed E-state index contributed by atoms with van der Waals surface area (Å²) in [4.78, 5) is 16.0. The van der Waals surface area contributed by atoms with Gasteiger partial charge in [-0.25, -0.2) is 4.68 Å². The molecule has 0 spiro atoms. The number of hydrogen-bond donors (Lipinski definition) is 0. The lowest BCUT2D eigenvalue weighted by Crippen LogP contribution is -2.12. The second-order valence-electron chi connectivity index (χ2n) is 5.43. The molecule has 1 aliphatic heterocycles. The molecule has 0 radical (unpaired) electrons. The van der Waals surface area contributed by atoms with Crippen LogP contribution in [0.25, 0.3) is 11.5 Å². The summed E-state index contributed by atoms with van der Waals surface area (Å²) >= 11 is 1.41. The van der Waals surface area contributed by atoms with Crippen molar-refractivity contribution in [3.05, 3.63) is 56.4 Å². The molecule has 0 amide bonds. The van der Waals surface area contributed by atoms with E-state index in [2.05, 4.69) is 10.1 Å². The minimum atomic E-state index is -0.480. The van der Waals surface area contributed by atoms with Crippen LogP contribution in [0.5, 0.6) is 11.5 Å². The number of furan rings is 1. The number of ether oxygens (including phenoxy) is 2. The second kappa shape index (κ2) is 7.08. The number of rotatable bonds is 5. The topological polar surface area (TPSA) is 104 Å². The summed E-state index contributed by atoms with van der Waals surface area (Å²) in [6.45, 7) is 2.54. The summed E-state index contributed by atoms with van der Waals surface area (Å²) in [7, 11) is 0. The van der Waals surface area contributed by atoms with Crippen molar-refractivity contribution < 1.29 is 18.8 Å². The monoisotopic (exact) mass is 386 g/mol. The third-order valence-electron chi connectivity index (χ3n) is 3.78. The van der Waals surface area contributed by atoms with Gasteiger partial charge in [-0.3, -0.25) is 15.1 Å². The number of nitro groups is 1. The van der Waals surface area contributed by atoms with E-state index in [1.165, 1.54) is 23.6 Å². The molecule has 1 aromatic carbocycles. The smallest absolute Gasteiger partial charge is 0.282 e. The maximum atomic E-state index is 11.4. The summed E-state index contributed by atoms with van der Waals surface area (Å²) in [5, 5.41) is 17.7. The van der Waals surface area contributed by atoms with Crippen molar-refractivity contribution in [2.75, 3.05) is 13.3 Å². The average molecular weight is 386 g/mol. The first-order chi connectivity index (χ1) is 13.2. The minimum absolute atomic E-state index is 0.0362. The lowest BCUT2D eigenvalue weighted by atomic mass is 10.1. The minimum Gasteiger partial charge on any atom is -0.463 e. The van der Waals surface area contributed by atoms with Crippen molar-refractivity contribution in [2.24, 2.45) is 10.1 Å². The molecule has 3 heterocycles. The predicted octanol–water partition coefficient (Wildman–Crippen LogP) is 3.25. The lowest BCUT2D eigenvalue weighted by Gasteiger charge is -2.02. The molecule has 10 heteroatoms. The molecular weight excluding hydrogens is 372 g/mol. The Bertz CT molecular complexity index is 1080. The van der Waals surface area contributed by atoms with Crippen molar-refractivity contribution in [2.45, 2.75) is 6.92 Å². The Morgan fingerprint density at radius 2 is 2.19 bits per heavy atom. The Labute approximate surface area is 157 Å².